The number of carbonyl (C=O) groups excluding carboxylic acids is 3. The second-order valence-electron chi connectivity index (χ2n) is 7.67. The Bertz CT molecular complexity index is 910. The number of anilines is 2. The fraction of sp³-hybridized carbons (Fsp3) is 0.368. The van der Waals surface area contributed by atoms with Crippen molar-refractivity contribution >= 4 is 40.6 Å². The van der Waals surface area contributed by atoms with Crippen LogP contribution in [0.4, 0.5) is 11.4 Å². The predicted molar refractivity (Wildman–Crippen MR) is 111 cm³/mol. The summed E-state index contributed by atoms with van der Waals surface area (Å²) in [5, 5.41) is 2.84. The van der Waals surface area contributed by atoms with Gasteiger partial charge >= 0.3 is 0 Å². The summed E-state index contributed by atoms with van der Waals surface area (Å²) in [5.41, 5.74) is 12.9. The Morgan fingerprint density at radius 1 is 1.14 bits per heavy atom. The molecule has 0 fully saturated rings. The van der Waals surface area contributed by atoms with Crippen molar-refractivity contribution in [1.82, 2.24) is 9.69 Å². The normalized spacial score (nSPS) is 11.2. The molecule has 0 aliphatic rings. The third-order valence-electron chi connectivity index (χ3n) is 3.74. The number of nitrogen functional groups attached to an aromatic ring is 1. The molecular formula is C19H25N5O3S. The van der Waals surface area contributed by atoms with Gasteiger partial charge in [-0.05, 0) is 69.4 Å². The van der Waals surface area contributed by atoms with Crippen molar-refractivity contribution in [3.8, 4) is 0 Å². The van der Waals surface area contributed by atoms with Gasteiger partial charge in [0.15, 0.2) is 5.69 Å². The van der Waals surface area contributed by atoms with Gasteiger partial charge in [-0.3, -0.25) is 19.3 Å². The predicted octanol–water partition coefficient (Wildman–Crippen LogP) is 2.00. The van der Waals surface area contributed by atoms with Crippen LogP contribution >= 0.6 is 11.5 Å². The van der Waals surface area contributed by atoms with Crippen molar-refractivity contribution in [3.05, 3.63) is 39.9 Å². The van der Waals surface area contributed by atoms with Crippen molar-refractivity contribution in [2.45, 2.75) is 40.2 Å². The number of nitrogens with one attached hydrogen (secondary N) is 1. The largest absolute Gasteiger partial charge is 0.395 e. The van der Waals surface area contributed by atoms with Gasteiger partial charge in [-0.15, -0.1) is 0 Å². The van der Waals surface area contributed by atoms with E-state index in [9.17, 15) is 14.4 Å². The molecule has 1 aromatic heterocycles. The van der Waals surface area contributed by atoms with Gasteiger partial charge in [-0.2, -0.15) is 4.37 Å². The van der Waals surface area contributed by atoms with Gasteiger partial charge in [0.1, 0.15) is 11.4 Å². The first kappa shape index (κ1) is 21.4. The van der Waals surface area contributed by atoms with E-state index in [-0.39, 0.29) is 28.7 Å². The van der Waals surface area contributed by atoms with E-state index in [4.69, 9.17) is 11.5 Å². The van der Waals surface area contributed by atoms with E-state index < -0.39 is 17.4 Å². The molecule has 0 saturated heterocycles. The molecule has 150 valence electrons. The van der Waals surface area contributed by atoms with Crippen molar-refractivity contribution in [1.29, 1.82) is 0 Å². The van der Waals surface area contributed by atoms with Crippen LogP contribution < -0.4 is 21.7 Å². The van der Waals surface area contributed by atoms with Crippen LogP contribution in [0.15, 0.2) is 18.2 Å². The minimum Gasteiger partial charge on any atom is -0.395 e. The summed E-state index contributed by atoms with van der Waals surface area (Å²) in [6, 6.07) is 5.58. The van der Waals surface area contributed by atoms with Gasteiger partial charge in [0.2, 0.25) is 5.91 Å². The highest BCUT2D eigenvalue weighted by Crippen LogP contribution is 2.27. The van der Waals surface area contributed by atoms with Crippen LogP contribution in [0.2, 0.25) is 0 Å². The number of hydrogen-bond donors (Lipinski definition) is 3. The standard InChI is InChI=1S/C19H25N5O3S/c1-10-6-11(2)8-12(7-10)24(9-13(25)22-19(3,4)5)18(27)16-14(20)15(17(21)26)23-28-16/h6-8H,9,20H2,1-5H3,(H2,21,26)(H,22,25). The van der Waals surface area contributed by atoms with E-state index in [1.54, 1.807) is 0 Å². The van der Waals surface area contributed by atoms with Gasteiger partial charge < -0.3 is 16.8 Å². The first-order chi connectivity index (χ1) is 12.9. The smallest absolute Gasteiger partial charge is 0.272 e. The number of aryl methyl sites for hydroxylation is 2. The van der Waals surface area contributed by atoms with Gasteiger partial charge in [0, 0.05) is 11.2 Å². The number of primary amides is 1. The van der Waals surface area contributed by atoms with Crippen molar-refractivity contribution in [3.63, 3.8) is 0 Å². The molecule has 8 nitrogen and oxygen atoms in total. The van der Waals surface area contributed by atoms with Crippen LogP contribution in [0.1, 0.15) is 52.1 Å². The monoisotopic (exact) mass is 403 g/mol. The average Bonchev–Trinajstić information content (AvgIpc) is 2.91. The highest BCUT2D eigenvalue weighted by molar-refractivity contribution is 7.09. The van der Waals surface area contributed by atoms with Crippen LogP contribution in [0, 0.1) is 13.8 Å². The number of nitrogens with two attached hydrogens (primary N) is 2. The maximum atomic E-state index is 13.2. The molecular weight excluding hydrogens is 378 g/mol. The van der Waals surface area contributed by atoms with E-state index in [1.807, 2.05) is 52.8 Å². The Balaban J connectivity index is 2.47. The van der Waals surface area contributed by atoms with E-state index in [2.05, 4.69) is 9.69 Å². The second-order valence-corrected chi connectivity index (χ2v) is 8.45. The topological polar surface area (TPSA) is 131 Å². The minimum atomic E-state index is -0.809. The summed E-state index contributed by atoms with van der Waals surface area (Å²) in [6.07, 6.45) is 0. The van der Waals surface area contributed by atoms with Crippen LogP contribution in [0.25, 0.3) is 0 Å². The van der Waals surface area contributed by atoms with Crippen LogP contribution in [0.3, 0.4) is 0 Å². The molecule has 28 heavy (non-hydrogen) atoms. The zero-order valence-electron chi connectivity index (χ0n) is 16.6. The maximum Gasteiger partial charge on any atom is 0.272 e. The van der Waals surface area contributed by atoms with Gasteiger partial charge in [0.25, 0.3) is 11.8 Å². The van der Waals surface area contributed by atoms with Gasteiger partial charge in [-0.1, -0.05) is 6.07 Å². The van der Waals surface area contributed by atoms with Crippen LogP contribution in [0.5, 0.6) is 0 Å². The Morgan fingerprint density at radius 3 is 2.18 bits per heavy atom. The molecule has 0 saturated carbocycles. The summed E-state index contributed by atoms with van der Waals surface area (Å²) < 4.78 is 3.88. The van der Waals surface area contributed by atoms with Gasteiger partial charge in [-0.25, -0.2) is 0 Å². The van der Waals surface area contributed by atoms with E-state index in [0.29, 0.717) is 5.69 Å². The Hall–Kier alpha value is -2.94. The molecule has 1 heterocycles. The molecule has 5 N–H and O–H groups in total. The number of rotatable bonds is 5. The Labute approximate surface area is 168 Å². The number of amides is 3. The molecule has 0 bridgehead atoms. The lowest BCUT2D eigenvalue weighted by molar-refractivity contribution is -0.121. The molecule has 0 atom stereocenters. The third kappa shape index (κ3) is 5.07. The first-order valence-corrected chi connectivity index (χ1v) is 9.42. The van der Waals surface area contributed by atoms with Crippen LogP contribution in [-0.2, 0) is 4.79 Å². The molecule has 2 aromatic rings. The van der Waals surface area contributed by atoms with E-state index in [0.717, 1.165) is 22.7 Å². The highest BCUT2D eigenvalue weighted by Gasteiger charge is 2.28. The fourth-order valence-electron chi connectivity index (χ4n) is 2.74. The first-order valence-electron chi connectivity index (χ1n) is 8.65. The zero-order valence-corrected chi connectivity index (χ0v) is 17.4. The number of carbonyl (C=O) groups is 3. The highest BCUT2D eigenvalue weighted by atomic mass is 32.1. The molecule has 0 unspecified atom stereocenters. The molecule has 9 heteroatoms. The van der Waals surface area contributed by atoms with Crippen LogP contribution in [-0.4, -0.2) is 34.2 Å². The van der Waals surface area contributed by atoms with Crippen molar-refractivity contribution in [2.75, 3.05) is 17.2 Å². The minimum absolute atomic E-state index is 0.0662. The maximum absolute atomic E-state index is 13.2. The van der Waals surface area contributed by atoms with Crippen molar-refractivity contribution in [2.24, 2.45) is 5.73 Å². The number of aromatic nitrogens is 1. The number of benzene rings is 1. The number of nitrogens with zero attached hydrogens (tertiary/aromatic N) is 2. The third-order valence-corrected chi connectivity index (χ3v) is 4.59. The van der Waals surface area contributed by atoms with Gasteiger partial charge in [0.05, 0.1) is 5.69 Å². The lowest BCUT2D eigenvalue weighted by Crippen LogP contribution is -2.47. The Kier molecular flexibility index (Phi) is 6.08. The summed E-state index contributed by atoms with van der Waals surface area (Å²) in [4.78, 5) is 38.5. The molecule has 1 aromatic carbocycles. The van der Waals surface area contributed by atoms with E-state index >= 15 is 0 Å². The molecule has 3 amide bonds. The lowest BCUT2D eigenvalue weighted by Gasteiger charge is -2.26. The SMILES string of the molecule is Cc1cc(C)cc(N(CC(=O)NC(C)(C)C)C(=O)c2snc(C(N)=O)c2N)c1. The zero-order chi connectivity index (χ0) is 21.2. The summed E-state index contributed by atoms with van der Waals surface area (Å²) in [7, 11) is 0. The average molecular weight is 404 g/mol. The molecule has 0 spiro atoms. The quantitative estimate of drug-likeness (QED) is 0.703. The molecule has 2 rings (SSSR count). The fourth-order valence-corrected chi connectivity index (χ4v) is 3.49. The lowest BCUT2D eigenvalue weighted by atomic mass is 10.1. The second kappa shape index (κ2) is 7.97. The summed E-state index contributed by atoms with van der Waals surface area (Å²) in [5.74, 6) is -1.65. The number of hydrogen-bond acceptors (Lipinski definition) is 6. The summed E-state index contributed by atoms with van der Waals surface area (Å²) >= 11 is 0.785. The Morgan fingerprint density at radius 2 is 1.71 bits per heavy atom. The molecule has 0 radical (unpaired) electrons. The molecule has 0 aliphatic carbocycles. The summed E-state index contributed by atoms with van der Waals surface area (Å²) in [6.45, 7) is 9.17. The van der Waals surface area contributed by atoms with Crippen molar-refractivity contribution < 1.29 is 14.4 Å². The molecule has 0 aliphatic heterocycles. The van der Waals surface area contributed by atoms with E-state index in [1.165, 1.54) is 4.90 Å².